The van der Waals surface area contributed by atoms with Crippen LogP contribution in [0.15, 0.2) is 29.2 Å². The fourth-order valence-electron chi connectivity index (χ4n) is 6.54. The zero-order chi connectivity index (χ0) is 21.1. The number of sulfonamides is 1. The maximum atomic E-state index is 12.9. The van der Waals surface area contributed by atoms with E-state index in [9.17, 15) is 21.6 Å². The van der Waals surface area contributed by atoms with Crippen molar-refractivity contribution < 1.29 is 21.6 Å². The lowest BCUT2D eigenvalue weighted by atomic mass is 9.53. The van der Waals surface area contributed by atoms with Gasteiger partial charge < -0.3 is 5.32 Å². The lowest BCUT2D eigenvalue weighted by Crippen LogP contribution is -2.59. The second-order valence-corrected chi connectivity index (χ2v) is 13.8. The Kier molecular flexibility index (Phi) is 4.79. The van der Waals surface area contributed by atoms with Gasteiger partial charge in [-0.3, -0.25) is 4.79 Å². The minimum Gasteiger partial charge on any atom is -0.347 e. The quantitative estimate of drug-likeness (QED) is 0.709. The van der Waals surface area contributed by atoms with Gasteiger partial charge in [-0.1, -0.05) is 0 Å². The first-order valence-corrected chi connectivity index (χ1v) is 14.1. The number of carbonyl (C=O) groups is 1. The number of rotatable bonds is 5. The average Bonchev–Trinajstić information content (AvgIpc) is 2.98. The molecule has 1 aliphatic heterocycles. The van der Waals surface area contributed by atoms with E-state index in [1.54, 1.807) is 0 Å². The van der Waals surface area contributed by atoms with Gasteiger partial charge in [-0.05, 0) is 87.0 Å². The molecule has 1 amide bonds. The summed E-state index contributed by atoms with van der Waals surface area (Å²) in [6.45, 7) is 0. The molecule has 0 unspecified atom stereocenters. The Morgan fingerprint density at radius 3 is 2.03 bits per heavy atom. The number of amides is 1. The molecule has 4 bridgehead atoms. The molecule has 30 heavy (non-hydrogen) atoms. The molecule has 0 aromatic heterocycles. The highest BCUT2D eigenvalue weighted by molar-refractivity contribution is 7.92. The van der Waals surface area contributed by atoms with Gasteiger partial charge in [-0.25, -0.2) is 21.6 Å². The number of benzene rings is 1. The van der Waals surface area contributed by atoms with E-state index >= 15 is 0 Å². The Bertz CT molecular complexity index is 1030. The van der Waals surface area contributed by atoms with Crippen LogP contribution in [0.3, 0.4) is 0 Å². The van der Waals surface area contributed by atoms with Crippen LogP contribution in [0.4, 0.5) is 0 Å². The van der Waals surface area contributed by atoms with Gasteiger partial charge in [-0.15, -0.1) is 0 Å². The smallest absolute Gasteiger partial charge is 0.251 e. The molecule has 4 saturated carbocycles. The third-order valence-electron chi connectivity index (χ3n) is 7.40. The summed E-state index contributed by atoms with van der Waals surface area (Å²) in [5, 5.41) is 3.30. The Hall–Kier alpha value is -1.45. The summed E-state index contributed by atoms with van der Waals surface area (Å²) in [6, 6.07) is 5.31. The molecule has 2 N–H and O–H groups in total. The van der Waals surface area contributed by atoms with E-state index in [2.05, 4.69) is 10.0 Å². The highest BCUT2D eigenvalue weighted by atomic mass is 32.2. The average molecular weight is 453 g/mol. The minimum absolute atomic E-state index is 0.00359. The van der Waals surface area contributed by atoms with Crippen LogP contribution < -0.4 is 10.0 Å². The monoisotopic (exact) mass is 452 g/mol. The summed E-state index contributed by atoms with van der Waals surface area (Å²) >= 11 is 0. The number of hydrogen-bond acceptors (Lipinski definition) is 5. The third kappa shape index (κ3) is 3.91. The molecule has 1 atom stereocenters. The van der Waals surface area contributed by atoms with Gasteiger partial charge in [0.2, 0.25) is 10.0 Å². The maximum Gasteiger partial charge on any atom is 0.251 e. The molecule has 6 rings (SSSR count). The van der Waals surface area contributed by atoms with Gasteiger partial charge in [0, 0.05) is 17.1 Å². The van der Waals surface area contributed by atoms with Crippen molar-refractivity contribution in [3.63, 3.8) is 0 Å². The second kappa shape index (κ2) is 7.03. The molecule has 164 valence electrons. The fourth-order valence-corrected chi connectivity index (χ4v) is 9.59. The van der Waals surface area contributed by atoms with E-state index in [4.69, 9.17) is 0 Å². The van der Waals surface area contributed by atoms with Crippen molar-refractivity contribution in [1.29, 1.82) is 0 Å². The van der Waals surface area contributed by atoms with Crippen LogP contribution in [0.1, 0.15) is 55.3 Å². The zero-order valence-corrected chi connectivity index (χ0v) is 18.5. The maximum absolute atomic E-state index is 12.9. The lowest BCUT2D eigenvalue weighted by Gasteiger charge is -2.56. The largest absolute Gasteiger partial charge is 0.347 e. The molecule has 5 fully saturated rings. The van der Waals surface area contributed by atoms with Crippen molar-refractivity contribution in [2.24, 2.45) is 17.8 Å². The van der Waals surface area contributed by atoms with E-state index in [0.717, 1.165) is 37.0 Å². The van der Waals surface area contributed by atoms with Gasteiger partial charge in [0.25, 0.3) is 5.91 Å². The molecular weight excluding hydrogens is 424 g/mol. The summed E-state index contributed by atoms with van der Waals surface area (Å²) < 4.78 is 50.7. The van der Waals surface area contributed by atoms with Crippen molar-refractivity contribution in [2.75, 3.05) is 11.5 Å². The number of hydrogen-bond donors (Lipinski definition) is 2. The van der Waals surface area contributed by atoms with Crippen LogP contribution in [-0.4, -0.2) is 45.8 Å². The molecule has 1 heterocycles. The topological polar surface area (TPSA) is 109 Å². The highest BCUT2D eigenvalue weighted by Crippen LogP contribution is 2.55. The second-order valence-electron chi connectivity index (χ2n) is 9.90. The predicted octanol–water partition coefficient (Wildman–Crippen LogP) is 1.85. The lowest BCUT2D eigenvalue weighted by molar-refractivity contribution is -0.0167. The Morgan fingerprint density at radius 1 is 0.967 bits per heavy atom. The van der Waals surface area contributed by atoms with Crippen molar-refractivity contribution in [1.82, 2.24) is 10.0 Å². The van der Waals surface area contributed by atoms with E-state index in [1.807, 2.05) is 0 Å². The standard InChI is InChI=1S/C21H28N2O5S2/c24-20(22-21-10-14-7-15(11-21)9-16(8-14)12-21)17-1-3-19(4-2-17)30(27,28)23-18-5-6-29(25,26)13-18/h1-4,14-16,18,23H,5-13H2,(H,22,24)/t14?,15?,16?,18-,21?/m1/s1. The molecule has 4 aliphatic carbocycles. The summed E-state index contributed by atoms with van der Waals surface area (Å²) in [5.41, 5.74) is 0.361. The van der Waals surface area contributed by atoms with Crippen LogP contribution in [-0.2, 0) is 19.9 Å². The van der Waals surface area contributed by atoms with Crippen molar-refractivity contribution in [2.45, 2.75) is 61.4 Å². The zero-order valence-electron chi connectivity index (χ0n) is 16.8. The van der Waals surface area contributed by atoms with Gasteiger partial charge in [0.15, 0.2) is 9.84 Å². The SMILES string of the molecule is O=C(NC12CC3CC(CC(C3)C1)C2)c1ccc(S(=O)(=O)N[C@@H]2CCS(=O)(=O)C2)cc1. The van der Waals surface area contributed by atoms with E-state index in [1.165, 1.54) is 43.5 Å². The normalized spacial score (nSPS) is 36.7. The highest BCUT2D eigenvalue weighted by Gasteiger charge is 2.51. The van der Waals surface area contributed by atoms with Gasteiger partial charge in [0.1, 0.15) is 0 Å². The number of nitrogens with one attached hydrogen (secondary N) is 2. The van der Waals surface area contributed by atoms with Crippen molar-refractivity contribution >= 4 is 25.8 Å². The van der Waals surface area contributed by atoms with Gasteiger partial charge in [-0.2, -0.15) is 0 Å². The Morgan fingerprint density at radius 2 is 1.53 bits per heavy atom. The molecule has 0 radical (unpaired) electrons. The summed E-state index contributed by atoms with van der Waals surface area (Å²) in [5.74, 6) is 1.89. The summed E-state index contributed by atoms with van der Waals surface area (Å²) in [6.07, 6.45) is 7.38. The van der Waals surface area contributed by atoms with Crippen LogP contribution in [0.25, 0.3) is 0 Å². The molecule has 7 nitrogen and oxygen atoms in total. The Labute approximate surface area is 178 Å². The number of sulfone groups is 1. The summed E-state index contributed by atoms with van der Waals surface area (Å²) in [4.78, 5) is 12.9. The van der Waals surface area contributed by atoms with Crippen molar-refractivity contribution in [3.8, 4) is 0 Å². The van der Waals surface area contributed by atoms with Gasteiger partial charge in [0.05, 0.1) is 16.4 Å². The van der Waals surface area contributed by atoms with E-state index in [-0.39, 0.29) is 34.3 Å². The first-order valence-electron chi connectivity index (χ1n) is 10.8. The third-order valence-corrected chi connectivity index (χ3v) is 10.7. The summed E-state index contributed by atoms with van der Waals surface area (Å²) in [7, 11) is -7.00. The first-order chi connectivity index (χ1) is 14.1. The predicted molar refractivity (Wildman–Crippen MR) is 112 cm³/mol. The van der Waals surface area contributed by atoms with Crippen molar-refractivity contribution in [3.05, 3.63) is 29.8 Å². The molecule has 1 saturated heterocycles. The fraction of sp³-hybridized carbons (Fsp3) is 0.667. The van der Waals surface area contributed by atoms with E-state index < -0.39 is 25.9 Å². The van der Waals surface area contributed by atoms with Crippen LogP contribution in [0.5, 0.6) is 0 Å². The molecule has 9 heteroatoms. The molecule has 1 aromatic rings. The first kappa shape index (κ1) is 20.5. The van der Waals surface area contributed by atoms with Crippen LogP contribution in [0.2, 0.25) is 0 Å². The molecular formula is C21H28N2O5S2. The number of carbonyl (C=O) groups excluding carboxylic acids is 1. The van der Waals surface area contributed by atoms with Gasteiger partial charge >= 0.3 is 0 Å². The van der Waals surface area contributed by atoms with Crippen LogP contribution in [0, 0.1) is 17.8 Å². The molecule has 5 aliphatic rings. The minimum atomic E-state index is -3.83. The molecule has 0 spiro atoms. The van der Waals surface area contributed by atoms with E-state index in [0.29, 0.717) is 5.56 Å². The molecule has 1 aromatic carbocycles. The Balaban J connectivity index is 1.26. The van der Waals surface area contributed by atoms with Crippen LogP contribution >= 0.6 is 0 Å².